The molecule has 0 saturated carbocycles. The summed E-state index contributed by atoms with van der Waals surface area (Å²) in [6.45, 7) is 2.58. The molecule has 1 aromatic heterocycles. The summed E-state index contributed by atoms with van der Waals surface area (Å²) in [4.78, 5) is 8.65. The van der Waals surface area contributed by atoms with E-state index in [0.717, 1.165) is 22.8 Å². The minimum atomic E-state index is 0. The molecule has 0 aliphatic rings. The summed E-state index contributed by atoms with van der Waals surface area (Å²) >= 11 is 7.68. The first kappa shape index (κ1) is 19.0. The summed E-state index contributed by atoms with van der Waals surface area (Å²) in [5, 5.41) is 6.62. The highest BCUT2D eigenvalue weighted by atomic mass is 127. The molecular formula is C14H18ClIN4OS. The van der Waals surface area contributed by atoms with Crippen LogP contribution in [0.1, 0.15) is 10.7 Å². The number of nitrogens with zero attached hydrogens (tertiary/aromatic N) is 2. The van der Waals surface area contributed by atoms with E-state index < -0.39 is 0 Å². The van der Waals surface area contributed by atoms with E-state index in [9.17, 15) is 0 Å². The predicted octanol–water partition coefficient (Wildman–Crippen LogP) is 3.70. The summed E-state index contributed by atoms with van der Waals surface area (Å²) in [5.41, 5.74) is 7.66. The number of hydrogen-bond acceptors (Lipinski definition) is 4. The van der Waals surface area contributed by atoms with Crippen LogP contribution in [0.25, 0.3) is 0 Å². The third kappa shape index (κ3) is 5.62. The molecule has 0 aliphatic heterocycles. The van der Waals surface area contributed by atoms with Crippen LogP contribution in [0.3, 0.4) is 0 Å². The van der Waals surface area contributed by atoms with Crippen molar-refractivity contribution in [1.82, 2.24) is 4.98 Å². The van der Waals surface area contributed by atoms with E-state index in [1.807, 2.05) is 18.4 Å². The van der Waals surface area contributed by atoms with E-state index in [1.165, 1.54) is 0 Å². The lowest BCUT2D eigenvalue weighted by Crippen LogP contribution is -2.23. The van der Waals surface area contributed by atoms with Gasteiger partial charge < -0.3 is 15.8 Å². The lowest BCUT2D eigenvalue weighted by Gasteiger charge is -2.08. The molecule has 5 nitrogen and oxygen atoms in total. The monoisotopic (exact) mass is 452 g/mol. The minimum absolute atomic E-state index is 0. The van der Waals surface area contributed by atoms with Gasteiger partial charge >= 0.3 is 0 Å². The molecular weight excluding hydrogens is 435 g/mol. The maximum Gasteiger partial charge on any atom is 0.193 e. The molecule has 0 bridgehead atoms. The molecule has 3 N–H and O–H groups in total. The first-order valence-corrected chi connectivity index (χ1v) is 7.65. The fourth-order valence-corrected chi connectivity index (χ4v) is 2.65. The van der Waals surface area contributed by atoms with Crippen LogP contribution in [0, 0.1) is 6.92 Å². The molecule has 1 heterocycles. The van der Waals surface area contributed by atoms with E-state index in [0.29, 0.717) is 23.3 Å². The standard InChI is InChI=1S/C14H17ClN4OS.HI/c1-9-18-11(8-21-9)5-6-17-14(16)19-10-3-4-13(20-2)12(15)7-10;/h3-4,7-8H,5-6H2,1-2H3,(H3,16,17,19);1H. The predicted molar refractivity (Wildman–Crippen MR) is 104 cm³/mol. The van der Waals surface area contributed by atoms with Gasteiger partial charge in [-0.15, -0.1) is 35.3 Å². The largest absolute Gasteiger partial charge is 0.495 e. The van der Waals surface area contributed by atoms with Crippen molar-refractivity contribution in [3.8, 4) is 5.75 Å². The van der Waals surface area contributed by atoms with Gasteiger partial charge in [-0.25, -0.2) is 4.98 Å². The lowest BCUT2D eigenvalue weighted by molar-refractivity contribution is 0.415. The van der Waals surface area contributed by atoms with Crippen molar-refractivity contribution in [2.75, 3.05) is 19.0 Å². The smallest absolute Gasteiger partial charge is 0.193 e. The number of anilines is 1. The van der Waals surface area contributed by atoms with Gasteiger partial charge in [0.2, 0.25) is 0 Å². The maximum atomic E-state index is 6.05. The summed E-state index contributed by atoms with van der Waals surface area (Å²) < 4.78 is 5.09. The zero-order chi connectivity index (χ0) is 15.2. The Bertz CT molecular complexity index is 648. The quantitative estimate of drug-likeness (QED) is 0.412. The first-order valence-electron chi connectivity index (χ1n) is 6.40. The van der Waals surface area contributed by atoms with Crippen LogP contribution in [0.2, 0.25) is 5.02 Å². The Balaban J connectivity index is 0.00000242. The van der Waals surface area contributed by atoms with Gasteiger partial charge in [0.15, 0.2) is 5.96 Å². The molecule has 0 amide bonds. The van der Waals surface area contributed by atoms with Crippen LogP contribution in [-0.2, 0) is 6.42 Å². The van der Waals surface area contributed by atoms with Crippen molar-refractivity contribution in [1.29, 1.82) is 0 Å². The van der Waals surface area contributed by atoms with Crippen molar-refractivity contribution >= 4 is 58.6 Å². The van der Waals surface area contributed by atoms with Gasteiger partial charge in [-0.05, 0) is 25.1 Å². The zero-order valence-corrected chi connectivity index (χ0v) is 16.2. The summed E-state index contributed by atoms with van der Waals surface area (Å²) in [5.74, 6) is 0.972. The molecule has 0 saturated heterocycles. The number of aryl methyl sites for hydroxylation is 1. The minimum Gasteiger partial charge on any atom is -0.495 e. The van der Waals surface area contributed by atoms with Gasteiger partial charge in [0.25, 0.3) is 0 Å². The number of thiazole rings is 1. The normalized spacial score (nSPS) is 11.0. The zero-order valence-electron chi connectivity index (χ0n) is 12.3. The van der Waals surface area contributed by atoms with Crippen LogP contribution in [0.5, 0.6) is 5.75 Å². The third-order valence-corrected chi connectivity index (χ3v) is 3.86. The van der Waals surface area contributed by atoms with Crippen LogP contribution >= 0.6 is 46.9 Å². The topological polar surface area (TPSA) is 72.5 Å². The van der Waals surface area contributed by atoms with Gasteiger partial charge in [0.1, 0.15) is 5.75 Å². The molecule has 120 valence electrons. The average Bonchev–Trinajstić information content (AvgIpc) is 2.84. The number of aliphatic imine (C=N–C) groups is 1. The molecule has 22 heavy (non-hydrogen) atoms. The highest BCUT2D eigenvalue weighted by Crippen LogP contribution is 2.26. The summed E-state index contributed by atoms with van der Waals surface area (Å²) in [7, 11) is 1.57. The second-order valence-electron chi connectivity index (χ2n) is 4.35. The third-order valence-electron chi connectivity index (χ3n) is 2.74. The average molecular weight is 453 g/mol. The van der Waals surface area contributed by atoms with Gasteiger partial charge in [0.05, 0.1) is 22.8 Å². The number of hydrogen-bond donors (Lipinski definition) is 2. The van der Waals surface area contributed by atoms with Gasteiger partial charge in [-0.2, -0.15) is 0 Å². The second-order valence-corrected chi connectivity index (χ2v) is 5.82. The summed E-state index contributed by atoms with van der Waals surface area (Å²) in [6, 6.07) is 5.35. The Morgan fingerprint density at radius 1 is 1.50 bits per heavy atom. The molecule has 0 unspecified atom stereocenters. The fraction of sp³-hybridized carbons (Fsp3) is 0.286. The molecule has 0 aliphatic carbocycles. The Labute approximate surface area is 156 Å². The van der Waals surface area contributed by atoms with Crippen LogP contribution in [0.4, 0.5) is 5.69 Å². The van der Waals surface area contributed by atoms with Crippen molar-refractivity contribution in [2.24, 2.45) is 10.7 Å². The van der Waals surface area contributed by atoms with E-state index in [-0.39, 0.29) is 24.0 Å². The highest BCUT2D eigenvalue weighted by Gasteiger charge is 2.03. The van der Waals surface area contributed by atoms with E-state index in [4.69, 9.17) is 22.1 Å². The van der Waals surface area contributed by atoms with Crippen LogP contribution in [0.15, 0.2) is 28.6 Å². The molecule has 0 spiro atoms. The number of guanidine groups is 1. The van der Waals surface area contributed by atoms with E-state index in [2.05, 4.69) is 15.3 Å². The molecule has 1 aromatic carbocycles. The Morgan fingerprint density at radius 3 is 2.86 bits per heavy atom. The number of nitrogens with one attached hydrogen (secondary N) is 1. The molecule has 2 aromatic rings. The van der Waals surface area contributed by atoms with Crippen LogP contribution < -0.4 is 15.8 Å². The number of nitrogens with two attached hydrogens (primary N) is 1. The Hall–Kier alpha value is -1.06. The van der Waals surface area contributed by atoms with Crippen molar-refractivity contribution in [2.45, 2.75) is 13.3 Å². The SMILES string of the molecule is COc1ccc(NC(N)=NCCc2csc(C)n2)cc1Cl.I. The maximum absolute atomic E-state index is 6.05. The number of aromatic nitrogens is 1. The highest BCUT2D eigenvalue weighted by molar-refractivity contribution is 14.0. The van der Waals surface area contributed by atoms with E-state index >= 15 is 0 Å². The van der Waals surface area contributed by atoms with Gasteiger partial charge in [0, 0.05) is 24.0 Å². The Morgan fingerprint density at radius 2 is 2.27 bits per heavy atom. The molecule has 2 rings (SSSR count). The molecule has 0 fully saturated rings. The number of rotatable bonds is 5. The van der Waals surface area contributed by atoms with Gasteiger partial charge in [-0.1, -0.05) is 11.6 Å². The fourth-order valence-electron chi connectivity index (χ4n) is 1.75. The Kier molecular flexibility index (Phi) is 7.91. The molecule has 8 heteroatoms. The van der Waals surface area contributed by atoms with Crippen molar-refractivity contribution in [3.63, 3.8) is 0 Å². The number of halogens is 2. The number of methoxy groups -OCH3 is 1. The number of benzene rings is 1. The van der Waals surface area contributed by atoms with E-state index in [1.54, 1.807) is 30.6 Å². The number of ether oxygens (including phenoxy) is 1. The molecule has 0 atom stereocenters. The van der Waals surface area contributed by atoms with Crippen molar-refractivity contribution < 1.29 is 4.74 Å². The van der Waals surface area contributed by atoms with Crippen LogP contribution in [-0.4, -0.2) is 24.6 Å². The first-order chi connectivity index (χ1) is 10.1. The summed E-state index contributed by atoms with van der Waals surface area (Å²) in [6.07, 6.45) is 0.774. The second kappa shape index (κ2) is 9.16. The van der Waals surface area contributed by atoms with Crippen molar-refractivity contribution in [3.05, 3.63) is 39.3 Å². The lowest BCUT2D eigenvalue weighted by atomic mass is 10.3. The molecule has 0 radical (unpaired) electrons. The van der Waals surface area contributed by atoms with Gasteiger partial charge in [-0.3, -0.25) is 4.99 Å².